The van der Waals surface area contributed by atoms with Crippen molar-refractivity contribution in [1.29, 1.82) is 0 Å². The Labute approximate surface area is 127 Å². The molecular weight excluding hydrogens is 258 g/mol. The third-order valence-corrected chi connectivity index (χ3v) is 4.77. The molecule has 0 bridgehead atoms. The molecule has 1 saturated carbocycles. The minimum Gasteiger partial charge on any atom is -0.314 e. The highest BCUT2D eigenvalue weighted by Gasteiger charge is 2.35. The summed E-state index contributed by atoms with van der Waals surface area (Å²) in [7, 11) is 0. The summed E-state index contributed by atoms with van der Waals surface area (Å²) >= 11 is 0. The Morgan fingerprint density at radius 1 is 1.19 bits per heavy atom. The Balaban J connectivity index is 1.81. The molecule has 3 heteroatoms. The normalized spacial score (nSPS) is 25.3. The summed E-state index contributed by atoms with van der Waals surface area (Å²) in [6.45, 7) is 5.74. The SMILES string of the molecule is CCCNC1CCC(c2ccnn2-c2ccccc2)C1C. The first-order valence-electron chi connectivity index (χ1n) is 8.14. The van der Waals surface area contributed by atoms with Crippen LogP contribution in [0.15, 0.2) is 42.6 Å². The second kappa shape index (κ2) is 6.44. The van der Waals surface area contributed by atoms with Crippen LogP contribution in [-0.4, -0.2) is 22.4 Å². The van der Waals surface area contributed by atoms with E-state index < -0.39 is 0 Å². The van der Waals surface area contributed by atoms with E-state index in [1.54, 1.807) is 0 Å². The fourth-order valence-corrected chi connectivity index (χ4v) is 3.58. The zero-order chi connectivity index (χ0) is 14.7. The van der Waals surface area contributed by atoms with Crippen LogP contribution in [0, 0.1) is 5.92 Å². The molecule has 3 nitrogen and oxygen atoms in total. The molecule has 0 radical (unpaired) electrons. The van der Waals surface area contributed by atoms with Gasteiger partial charge < -0.3 is 5.32 Å². The highest BCUT2D eigenvalue weighted by molar-refractivity contribution is 5.33. The van der Waals surface area contributed by atoms with Gasteiger partial charge in [0.25, 0.3) is 0 Å². The fraction of sp³-hybridized carbons (Fsp3) is 0.500. The summed E-state index contributed by atoms with van der Waals surface area (Å²) < 4.78 is 2.11. The quantitative estimate of drug-likeness (QED) is 0.905. The van der Waals surface area contributed by atoms with Crippen LogP contribution in [0.4, 0.5) is 0 Å². The number of benzene rings is 1. The van der Waals surface area contributed by atoms with Gasteiger partial charge in [-0.05, 0) is 49.9 Å². The number of para-hydroxylation sites is 1. The first kappa shape index (κ1) is 14.3. The van der Waals surface area contributed by atoms with Crippen molar-refractivity contribution in [1.82, 2.24) is 15.1 Å². The number of nitrogens with zero attached hydrogens (tertiary/aromatic N) is 2. The van der Waals surface area contributed by atoms with Crippen LogP contribution in [0.1, 0.15) is 44.7 Å². The maximum atomic E-state index is 4.55. The Kier molecular flexibility index (Phi) is 4.39. The van der Waals surface area contributed by atoms with Gasteiger partial charge >= 0.3 is 0 Å². The number of rotatable bonds is 5. The van der Waals surface area contributed by atoms with Crippen LogP contribution < -0.4 is 5.32 Å². The number of nitrogens with one attached hydrogen (secondary N) is 1. The molecule has 2 aromatic rings. The van der Waals surface area contributed by atoms with Gasteiger partial charge in [-0.2, -0.15) is 5.10 Å². The van der Waals surface area contributed by atoms with Gasteiger partial charge in [-0.1, -0.05) is 32.0 Å². The molecule has 1 aromatic carbocycles. The second-order valence-electron chi connectivity index (χ2n) is 6.11. The lowest BCUT2D eigenvalue weighted by Gasteiger charge is -2.22. The number of hydrogen-bond acceptors (Lipinski definition) is 2. The van der Waals surface area contributed by atoms with Gasteiger partial charge in [0.15, 0.2) is 0 Å². The molecule has 112 valence electrons. The molecule has 0 aliphatic heterocycles. The van der Waals surface area contributed by atoms with Crippen molar-refractivity contribution in [2.45, 2.75) is 45.1 Å². The molecule has 3 unspecified atom stereocenters. The maximum Gasteiger partial charge on any atom is 0.0648 e. The highest BCUT2D eigenvalue weighted by atomic mass is 15.3. The van der Waals surface area contributed by atoms with E-state index in [-0.39, 0.29) is 0 Å². The average molecular weight is 283 g/mol. The third-order valence-electron chi connectivity index (χ3n) is 4.77. The molecule has 1 aliphatic carbocycles. The minimum atomic E-state index is 0.599. The second-order valence-corrected chi connectivity index (χ2v) is 6.11. The lowest BCUT2D eigenvalue weighted by molar-refractivity contribution is 0.398. The molecule has 21 heavy (non-hydrogen) atoms. The van der Waals surface area contributed by atoms with E-state index in [0.29, 0.717) is 17.9 Å². The van der Waals surface area contributed by atoms with Gasteiger partial charge in [0, 0.05) is 23.9 Å². The Morgan fingerprint density at radius 2 is 2.00 bits per heavy atom. The van der Waals surface area contributed by atoms with Gasteiger partial charge in [-0.3, -0.25) is 0 Å². The summed E-state index contributed by atoms with van der Waals surface area (Å²) in [6, 6.07) is 13.3. The predicted molar refractivity (Wildman–Crippen MR) is 86.8 cm³/mol. The van der Waals surface area contributed by atoms with E-state index in [1.807, 2.05) is 6.20 Å². The lowest BCUT2D eigenvalue weighted by Crippen LogP contribution is -2.33. The van der Waals surface area contributed by atoms with Gasteiger partial charge in [0.05, 0.1) is 5.69 Å². The smallest absolute Gasteiger partial charge is 0.0648 e. The molecule has 3 rings (SSSR count). The zero-order valence-corrected chi connectivity index (χ0v) is 13.0. The number of aromatic nitrogens is 2. The first-order chi connectivity index (χ1) is 10.3. The molecule has 1 fully saturated rings. The van der Waals surface area contributed by atoms with Gasteiger partial charge in [0.1, 0.15) is 0 Å². The van der Waals surface area contributed by atoms with Crippen LogP contribution in [0.3, 0.4) is 0 Å². The molecule has 1 heterocycles. The van der Waals surface area contributed by atoms with Crippen LogP contribution in [0.25, 0.3) is 5.69 Å². The van der Waals surface area contributed by atoms with Gasteiger partial charge in [-0.25, -0.2) is 4.68 Å². The monoisotopic (exact) mass is 283 g/mol. The summed E-state index contributed by atoms with van der Waals surface area (Å²) in [5.41, 5.74) is 2.52. The van der Waals surface area contributed by atoms with Gasteiger partial charge in [0.2, 0.25) is 0 Å². The maximum absolute atomic E-state index is 4.55. The third kappa shape index (κ3) is 2.88. The average Bonchev–Trinajstić information content (AvgIpc) is 3.13. The predicted octanol–water partition coefficient (Wildman–Crippen LogP) is 3.75. The molecule has 3 atom stereocenters. The summed E-state index contributed by atoms with van der Waals surface area (Å²) in [5, 5.41) is 8.25. The standard InChI is InChI=1S/C18H25N3/c1-3-12-19-17-10-9-16(14(17)2)18-11-13-20-21(18)15-7-5-4-6-8-15/h4-8,11,13-14,16-17,19H,3,9-10,12H2,1-2H3. The first-order valence-corrected chi connectivity index (χ1v) is 8.14. The molecule has 1 aliphatic rings. The molecule has 1 aromatic heterocycles. The van der Waals surface area contributed by atoms with E-state index in [9.17, 15) is 0 Å². The van der Waals surface area contributed by atoms with Crippen molar-refractivity contribution in [3.63, 3.8) is 0 Å². The Bertz CT molecular complexity index is 561. The number of hydrogen-bond donors (Lipinski definition) is 1. The zero-order valence-electron chi connectivity index (χ0n) is 13.0. The van der Waals surface area contributed by atoms with Crippen LogP contribution in [0.5, 0.6) is 0 Å². The molecular formula is C18H25N3. The summed E-state index contributed by atoms with van der Waals surface area (Å²) in [4.78, 5) is 0. The summed E-state index contributed by atoms with van der Waals surface area (Å²) in [6.07, 6.45) is 5.66. The van der Waals surface area contributed by atoms with Crippen LogP contribution in [-0.2, 0) is 0 Å². The Morgan fingerprint density at radius 3 is 2.76 bits per heavy atom. The largest absolute Gasteiger partial charge is 0.314 e. The summed E-state index contributed by atoms with van der Waals surface area (Å²) in [5.74, 6) is 1.26. The van der Waals surface area contributed by atoms with Crippen molar-refractivity contribution in [3.8, 4) is 5.69 Å². The van der Waals surface area contributed by atoms with Crippen molar-refractivity contribution in [3.05, 3.63) is 48.3 Å². The van der Waals surface area contributed by atoms with Crippen molar-refractivity contribution < 1.29 is 0 Å². The van der Waals surface area contributed by atoms with Crippen molar-refractivity contribution in [2.75, 3.05) is 6.54 Å². The van der Waals surface area contributed by atoms with E-state index in [0.717, 1.165) is 12.2 Å². The minimum absolute atomic E-state index is 0.599. The molecule has 0 spiro atoms. The lowest BCUT2D eigenvalue weighted by atomic mass is 9.92. The van der Waals surface area contributed by atoms with E-state index in [1.165, 1.54) is 25.0 Å². The molecule has 1 N–H and O–H groups in total. The molecule has 0 amide bonds. The van der Waals surface area contributed by atoms with Crippen LogP contribution in [0.2, 0.25) is 0 Å². The van der Waals surface area contributed by atoms with Crippen LogP contribution >= 0.6 is 0 Å². The highest BCUT2D eigenvalue weighted by Crippen LogP contribution is 2.40. The molecule has 0 saturated heterocycles. The van der Waals surface area contributed by atoms with E-state index in [2.05, 4.69) is 65.3 Å². The van der Waals surface area contributed by atoms with Crippen molar-refractivity contribution >= 4 is 0 Å². The Hall–Kier alpha value is -1.61. The van der Waals surface area contributed by atoms with Gasteiger partial charge in [-0.15, -0.1) is 0 Å². The topological polar surface area (TPSA) is 29.9 Å². The van der Waals surface area contributed by atoms with Crippen molar-refractivity contribution in [2.24, 2.45) is 5.92 Å². The van der Waals surface area contributed by atoms with E-state index in [4.69, 9.17) is 0 Å². The fourth-order valence-electron chi connectivity index (χ4n) is 3.58. The van der Waals surface area contributed by atoms with E-state index >= 15 is 0 Å².